The molecule has 9 nitrogen and oxygen atoms in total. The van der Waals surface area contributed by atoms with Crippen molar-refractivity contribution in [2.75, 3.05) is 37.6 Å². The van der Waals surface area contributed by atoms with Gasteiger partial charge in [0, 0.05) is 37.6 Å². The number of aromatic nitrogens is 2. The van der Waals surface area contributed by atoms with Crippen molar-refractivity contribution in [2.24, 2.45) is 22.4 Å². The van der Waals surface area contributed by atoms with Gasteiger partial charge in [-0.05, 0) is 44.7 Å². The number of likely N-dealkylation sites (tertiary alicyclic amines) is 1. The number of piperidine rings is 2. The van der Waals surface area contributed by atoms with E-state index in [2.05, 4.69) is 35.6 Å². The highest BCUT2D eigenvalue weighted by molar-refractivity contribution is 5.79. The number of aliphatic imine (C=N–C) groups is 1. The molecule has 1 aromatic heterocycles. The number of hydrazine groups is 1. The Morgan fingerprint density at radius 2 is 1.77 bits per heavy atom. The summed E-state index contributed by atoms with van der Waals surface area (Å²) in [5.74, 6) is 0.704. The topological polar surface area (TPSA) is 121 Å². The van der Waals surface area contributed by atoms with Gasteiger partial charge in [-0.15, -0.1) is 0 Å². The standard InChI is InChI=1S/C17H29N9/c18-15-22-17(19,24-23-15)14-10-20-16(21-11-14)26-8-4-13(5-9-26)12-25-6-2-1-3-7-25/h10-11,13,24H,1-9,12,19H2,(H3,18,22,23). The van der Waals surface area contributed by atoms with Crippen molar-refractivity contribution < 1.29 is 0 Å². The van der Waals surface area contributed by atoms with Crippen LogP contribution in [0.5, 0.6) is 0 Å². The van der Waals surface area contributed by atoms with Crippen molar-refractivity contribution >= 4 is 11.9 Å². The van der Waals surface area contributed by atoms with Crippen LogP contribution in [0.1, 0.15) is 37.7 Å². The quantitative estimate of drug-likeness (QED) is 0.577. The first-order valence-corrected chi connectivity index (χ1v) is 9.60. The fourth-order valence-electron chi connectivity index (χ4n) is 4.05. The predicted molar refractivity (Wildman–Crippen MR) is 101 cm³/mol. The minimum absolute atomic E-state index is 0.257. The Bertz CT molecular complexity index is 632. The van der Waals surface area contributed by atoms with Gasteiger partial charge in [0.15, 0.2) is 0 Å². The van der Waals surface area contributed by atoms with Crippen molar-refractivity contribution in [3.63, 3.8) is 0 Å². The van der Waals surface area contributed by atoms with Crippen LogP contribution in [-0.2, 0) is 5.79 Å². The maximum absolute atomic E-state index is 6.17. The number of hydrogen-bond acceptors (Lipinski definition) is 9. The lowest BCUT2D eigenvalue weighted by atomic mass is 9.95. The maximum atomic E-state index is 6.17. The first kappa shape index (κ1) is 17.4. The molecule has 142 valence electrons. The minimum atomic E-state index is -1.11. The zero-order chi connectivity index (χ0) is 18.0. The van der Waals surface area contributed by atoms with E-state index in [1.165, 1.54) is 51.7 Å². The van der Waals surface area contributed by atoms with E-state index in [-0.39, 0.29) is 5.96 Å². The van der Waals surface area contributed by atoms with Gasteiger partial charge in [0.25, 0.3) is 0 Å². The van der Waals surface area contributed by atoms with Crippen LogP contribution < -0.4 is 27.2 Å². The molecule has 0 bridgehead atoms. The number of guanidine groups is 1. The molecule has 1 unspecified atom stereocenters. The molecule has 9 heteroatoms. The molecular weight excluding hydrogens is 330 g/mol. The van der Waals surface area contributed by atoms with Crippen LogP contribution in [0.25, 0.3) is 0 Å². The van der Waals surface area contributed by atoms with Gasteiger partial charge in [0.2, 0.25) is 17.7 Å². The lowest BCUT2D eigenvalue weighted by Gasteiger charge is -2.36. The lowest BCUT2D eigenvalue weighted by molar-refractivity contribution is 0.181. The van der Waals surface area contributed by atoms with E-state index in [9.17, 15) is 0 Å². The van der Waals surface area contributed by atoms with Crippen LogP contribution in [0.2, 0.25) is 0 Å². The van der Waals surface area contributed by atoms with Crippen molar-refractivity contribution in [2.45, 2.75) is 37.9 Å². The highest BCUT2D eigenvalue weighted by atomic mass is 15.6. The molecule has 2 fully saturated rings. The second kappa shape index (κ2) is 7.34. The maximum Gasteiger partial charge on any atom is 0.225 e. The zero-order valence-electron chi connectivity index (χ0n) is 15.2. The van der Waals surface area contributed by atoms with E-state index in [1.54, 1.807) is 12.4 Å². The summed E-state index contributed by atoms with van der Waals surface area (Å²) < 4.78 is 0. The summed E-state index contributed by atoms with van der Waals surface area (Å²) in [6.45, 7) is 5.83. The highest BCUT2D eigenvalue weighted by Crippen LogP contribution is 2.24. The van der Waals surface area contributed by atoms with E-state index < -0.39 is 5.79 Å². The number of anilines is 1. The molecule has 26 heavy (non-hydrogen) atoms. The Labute approximate surface area is 154 Å². The van der Waals surface area contributed by atoms with Crippen LogP contribution in [0, 0.1) is 5.92 Å². The molecule has 1 aromatic rings. The molecule has 6 N–H and O–H groups in total. The number of hydrogen-bond donors (Lipinski definition) is 4. The molecule has 4 heterocycles. The third kappa shape index (κ3) is 3.74. The average Bonchev–Trinajstić information content (AvgIpc) is 3.03. The van der Waals surface area contributed by atoms with Crippen molar-refractivity contribution in [3.8, 4) is 0 Å². The fourth-order valence-corrected chi connectivity index (χ4v) is 4.05. The largest absolute Gasteiger partial charge is 0.369 e. The first-order chi connectivity index (χ1) is 12.6. The van der Waals surface area contributed by atoms with Gasteiger partial charge >= 0.3 is 0 Å². The third-order valence-electron chi connectivity index (χ3n) is 5.62. The summed E-state index contributed by atoms with van der Waals surface area (Å²) in [6.07, 6.45) is 9.97. The normalized spacial score (nSPS) is 28.0. The highest BCUT2D eigenvalue weighted by Gasteiger charge is 2.32. The van der Waals surface area contributed by atoms with E-state index in [0.29, 0.717) is 5.56 Å². The Morgan fingerprint density at radius 1 is 1.08 bits per heavy atom. The summed E-state index contributed by atoms with van der Waals surface area (Å²) in [5, 5.41) is 0. The monoisotopic (exact) mass is 359 g/mol. The van der Waals surface area contributed by atoms with Gasteiger partial charge < -0.3 is 15.5 Å². The Hall–Kier alpha value is -1.97. The average molecular weight is 359 g/mol. The molecule has 1 atom stereocenters. The summed E-state index contributed by atoms with van der Waals surface area (Å²) in [6, 6.07) is 0. The molecule has 0 aromatic carbocycles. The minimum Gasteiger partial charge on any atom is -0.369 e. The molecule has 0 radical (unpaired) electrons. The molecule has 0 spiro atoms. The fraction of sp³-hybridized carbons (Fsp3) is 0.706. The van der Waals surface area contributed by atoms with Crippen LogP contribution in [-0.4, -0.2) is 53.6 Å². The van der Waals surface area contributed by atoms with Crippen molar-refractivity contribution in [1.82, 2.24) is 25.7 Å². The van der Waals surface area contributed by atoms with Crippen molar-refractivity contribution in [1.29, 1.82) is 0 Å². The number of nitrogens with two attached hydrogens (primary N) is 2. The second-order valence-electron chi connectivity index (χ2n) is 7.58. The van der Waals surface area contributed by atoms with Gasteiger partial charge in [-0.1, -0.05) is 6.42 Å². The number of nitrogens with zero attached hydrogens (tertiary/aromatic N) is 5. The van der Waals surface area contributed by atoms with Gasteiger partial charge in [-0.2, -0.15) is 5.43 Å². The van der Waals surface area contributed by atoms with Crippen LogP contribution in [0.3, 0.4) is 0 Å². The number of nitrogens with one attached hydrogen (secondary N) is 2. The molecule has 2 saturated heterocycles. The van der Waals surface area contributed by atoms with Crippen LogP contribution in [0.4, 0.5) is 5.95 Å². The number of rotatable bonds is 4. The van der Waals surface area contributed by atoms with E-state index in [1.807, 2.05) is 0 Å². The van der Waals surface area contributed by atoms with Crippen LogP contribution >= 0.6 is 0 Å². The van der Waals surface area contributed by atoms with E-state index in [4.69, 9.17) is 11.5 Å². The SMILES string of the molecule is NC1=NC(N)(c2cnc(N3CCC(CN4CCCCC4)CC3)nc2)NN1. The Morgan fingerprint density at radius 3 is 2.38 bits per heavy atom. The lowest BCUT2D eigenvalue weighted by Crippen LogP contribution is -2.50. The molecular formula is C17H29N9. The smallest absolute Gasteiger partial charge is 0.225 e. The van der Waals surface area contributed by atoms with E-state index in [0.717, 1.165) is 25.0 Å². The molecule has 3 aliphatic heterocycles. The first-order valence-electron chi connectivity index (χ1n) is 9.60. The Kier molecular flexibility index (Phi) is 4.92. The van der Waals surface area contributed by atoms with Gasteiger partial charge in [0.05, 0.1) is 0 Å². The van der Waals surface area contributed by atoms with Gasteiger partial charge in [-0.3, -0.25) is 11.2 Å². The molecule has 3 aliphatic rings. The molecule has 4 rings (SSSR count). The van der Waals surface area contributed by atoms with Crippen molar-refractivity contribution in [3.05, 3.63) is 18.0 Å². The summed E-state index contributed by atoms with van der Waals surface area (Å²) >= 11 is 0. The van der Waals surface area contributed by atoms with Gasteiger partial charge in [0.1, 0.15) is 0 Å². The van der Waals surface area contributed by atoms with Crippen LogP contribution in [0.15, 0.2) is 17.4 Å². The third-order valence-corrected chi connectivity index (χ3v) is 5.62. The van der Waals surface area contributed by atoms with E-state index >= 15 is 0 Å². The molecule has 0 amide bonds. The summed E-state index contributed by atoms with van der Waals surface area (Å²) in [7, 11) is 0. The van der Waals surface area contributed by atoms with Gasteiger partial charge in [-0.25, -0.2) is 15.0 Å². The molecule has 0 aliphatic carbocycles. The zero-order valence-corrected chi connectivity index (χ0v) is 15.2. The summed E-state index contributed by atoms with van der Waals surface area (Å²) in [5.41, 5.74) is 18.0. The predicted octanol–water partition coefficient (Wildman–Crippen LogP) is -0.330. The summed E-state index contributed by atoms with van der Waals surface area (Å²) in [4.78, 5) is 18.1. The Balaban J connectivity index is 1.32. The second-order valence-corrected chi connectivity index (χ2v) is 7.58. The molecule has 0 saturated carbocycles.